The summed E-state index contributed by atoms with van der Waals surface area (Å²) in [5.41, 5.74) is 2.27. The summed E-state index contributed by atoms with van der Waals surface area (Å²) in [7, 11) is 0. The number of carbonyl (C=O) groups excluding carboxylic acids is 2. The molecule has 1 fully saturated rings. The number of hydrogen-bond acceptors (Lipinski definition) is 6. The van der Waals surface area contributed by atoms with Gasteiger partial charge in [0.2, 0.25) is 5.91 Å². The molecule has 0 aromatic heterocycles. The molecule has 8 heteroatoms. The zero-order chi connectivity index (χ0) is 24.8. The number of piperazine rings is 1. The van der Waals surface area contributed by atoms with Gasteiger partial charge in [-0.2, -0.15) is 0 Å². The van der Waals surface area contributed by atoms with E-state index in [1.54, 1.807) is 19.1 Å². The Labute approximate surface area is 203 Å². The molecule has 180 valence electrons. The summed E-state index contributed by atoms with van der Waals surface area (Å²) in [5, 5.41) is 11.7. The Morgan fingerprint density at radius 3 is 2.00 bits per heavy atom. The Hall–Kier alpha value is -4.20. The van der Waals surface area contributed by atoms with Crippen molar-refractivity contribution in [2.24, 2.45) is 0 Å². The van der Waals surface area contributed by atoms with Crippen LogP contribution in [0.4, 0.5) is 11.4 Å². The van der Waals surface area contributed by atoms with E-state index in [1.165, 1.54) is 6.07 Å². The molecule has 0 atom stereocenters. The predicted octanol–water partition coefficient (Wildman–Crippen LogP) is 4.25. The molecule has 0 saturated carbocycles. The lowest BCUT2D eigenvalue weighted by molar-refractivity contribution is -0.384. The van der Waals surface area contributed by atoms with Gasteiger partial charge >= 0.3 is 5.97 Å². The molecule has 0 bridgehead atoms. The van der Waals surface area contributed by atoms with E-state index in [-0.39, 0.29) is 23.8 Å². The highest BCUT2D eigenvalue weighted by molar-refractivity contribution is 5.91. The number of esters is 1. The summed E-state index contributed by atoms with van der Waals surface area (Å²) >= 11 is 0. The minimum atomic E-state index is -0.592. The van der Waals surface area contributed by atoms with Crippen LogP contribution in [-0.2, 0) is 9.53 Å². The van der Waals surface area contributed by atoms with Crippen molar-refractivity contribution in [2.45, 2.75) is 12.8 Å². The predicted molar refractivity (Wildman–Crippen MR) is 133 cm³/mol. The molecule has 1 aliphatic rings. The largest absolute Gasteiger partial charge is 0.462 e. The molecular formula is C27H27N3O5. The summed E-state index contributed by atoms with van der Waals surface area (Å²) in [5.74, 6) is -0.998. The van der Waals surface area contributed by atoms with Crippen molar-refractivity contribution in [3.63, 3.8) is 0 Å². The van der Waals surface area contributed by atoms with E-state index in [9.17, 15) is 19.7 Å². The molecule has 35 heavy (non-hydrogen) atoms. The highest BCUT2D eigenvalue weighted by Gasteiger charge is 2.31. The molecule has 1 heterocycles. The number of nitrogens with zero attached hydrogens (tertiary/aromatic N) is 3. The van der Waals surface area contributed by atoms with E-state index in [0.717, 1.165) is 11.1 Å². The number of hydrogen-bond donors (Lipinski definition) is 0. The molecule has 3 aromatic carbocycles. The van der Waals surface area contributed by atoms with E-state index in [2.05, 4.69) is 0 Å². The van der Waals surface area contributed by atoms with E-state index in [0.29, 0.717) is 31.9 Å². The fourth-order valence-electron chi connectivity index (χ4n) is 4.40. The molecule has 0 radical (unpaired) electrons. The fourth-order valence-corrected chi connectivity index (χ4v) is 4.40. The second-order valence-electron chi connectivity index (χ2n) is 8.25. The van der Waals surface area contributed by atoms with Gasteiger partial charge in [-0.05, 0) is 30.2 Å². The lowest BCUT2D eigenvalue weighted by Gasteiger charge is -2.37. The minimum absolute atomic E-state index is 0.00853. The van der Waals surface area contributed by atoms with Crippen molar-refractivity contribution in [3.05, 3.63) is 106 Å². The van der Waals surface area contributed by atoms with Gasteiger partial charge in [0.05, 0.1) is 23.0 Å². The van der Waals surface area contributed by atoms with Gasteiger partial charge in [0.25, 0.3) is 5.69 Å². The van der Waals surface area contributed by atoms with Gasteiger partial charge in [0, 0.05) is 32.2 Å². The maximum Gasteiger partial charge on any atom is 0.338 e. The molecule has 3 aromatic rings. The average molecular weight is 474 g/mol. The van der Waals surface area contributed by atoms with E-state index in [4.69, 9.17) is 4.74 Å². The van der Waals surface area contributed by atoms with E-state index < -0.39 is 16.8 Å². The van der Waals surface area contributed by atoms with Crippen LogP contribution >= 0.6 is 0 Å². The second kappa shape index (κ2) is 10.8. The Kier molecular flexibility index (Phi) is 7.40. The first-order valence-electron chi connectivity index (χ1n) is 11.6. The molecule has 0 N–H and O–H groups in total. The van der Waals surface area contributed by atoms with Gasteiger partial charge in [-0.3, -0.25) is 14.9 Å². The standard InChI is InChI=1S/C27H27N3O5/c1-2-35-27(32)22-13-14-23(24(19-22)30(33)34)28-15-17-29(18-16-28)26(31)25(20-9-5-3-6-10-20)21-11-7-4-8-12-21/h3-14,19,25H,2,15-18H2,1H3. The Morgan fingerprint density at radius 1 is 0.914 bits per heavy atom. The van der Waals surface area contributed by atoms with Crippen molar-refractivity contribution in [2.75, 3.05) is 37.7 Å². The van der Waals surface area contributed by atoms with Gasteiger partial charge in [-0.25, -0.2) is 4.79 Å². The highest BCUT2D eigenvalue weighted by atomic mass is 16.6. The summed E-state index contributed by atoms with van der Waals surface area (Å²) in [6.45, 7) is 3.64. The summed E-state index contributed by atoms with van der Waals surface area (Å²) < 4.78 is 4.96. The van der Waals surface area contributed by atoms with E-state index in [1.807, 2.05) is 70.5 Å². The second-order valence-corrected chi connectivity index (χ2v) is 8.25. The summed E-state index contributed by atoms with van der Waals surface area (Å²) in [6, 6.07) is 23.8. The highest BCUT2D eigenvalue weighted by Crippen LogP contribution is 2.32. The monoisotopic (exact) mass is 473 g/mol. The number of amides is 1. The van der Waals surface area contributed by atoms with Crippen molar-refractivity contribution in [3.8, 4) is 0 Å². The maximum absolute atomic E-state index is 13.6. The third kappa shape index (κ3) is 5.32. The normalized spacial score (nSPS) is 13.5. The van der Waals surface area contributed by atoms with Crippen LogP contribution in [0.5, 0.6) is 0 Å². The van der Waals surface area contributed by atoms with Crippen molar-refractivity contribution < 1.29 is 19.2 Å². The van der Waals surface area contributed by atoms with Crippen molar-refractivity contribution >= 4 is 23.3 Å². The molecule has 1 saturated heterocycles. The van der Waals surface area contributed by atoms with Crippen LogP contribution in [0.3, 0.4) is 0 Å². The van der Waals surface area contributed by atoms with Crippen LogP contribution in [0, 0.1) is 10.1 Å². The number of carbonyl (C=O) groups is 2. The molecule has 1 aliphatic heterocycles. The Bertz CT molecular complexity index is 1150. The zero-order valence-electron chi connectivity index (χ0n) is 19.5. The Morgan fingerprint density at radius 2 is 1.49 bits per heavy atom. The van der Waals surface area contributed by atoms with Crippen molar-refractivity contribution in [1.29, 1.82) is 0 Å². The fraction of sp³-hybridized carbons (Fsp3) is 0.259. The van der Waals surface area contributed by atoms with Crippen LogP contribution in [-0.4, -0.2) is 54.5 Å². The van der Waals surface area contributed by atoms with Crippen molar-refractivity contribution in [1.82, 2.24) is 4.90 Å². The molecule has 0 unspecified atom stereocenters. The van der Waals surface area contributed by atoms with Gasteiger partial charge in [-0.15, -0.1) is 0 Å². The van der Waals surface area contributed by atoms with Crippen LogP contribution in [0.25, 0.3) is 0 Å². The molecule has 0 spiro atoms. The number of rotatable bonds is 7. The van der Waals surface area contributed by atoms with Crippen LogP contribution in [0.2, 0.25) is 0 Å². The summed E-state index contributed by atoms with van der Waals surface area (Å²) in [6.07, 6.45) is 0. The third-order valence-electron chi connectivity index (χ3n) is 6.13. The van der Waals surface area contributed by atoms with Crippen LogP contribution in [0.15, 0.2) is 78.9 Å². The van der Waals surface area contributed by atoms with Gasteiger partial charge < -0.3 is 14.5 Å². The third-order valence-corrected chi connectivity index (χ3v) is 6.13. The topological polar surface area (TPSA) is 93.0 Å². The number of benzene rings is 3. The number of anilines is 1. The number of nitro benzene ring substituents is 1. The minimum Gasteiger partial charge on any atom is -0.462 e. The van der Waals surface area contributed by atoms with Crippen LogP contribution < -0.4 is 4.90 Å². The lowest BCUT2D eigenvalue weighted by atomic mass is 9.90. The van der Waals surface area contributed by atoms with Gasteiger partial charge in [-0.1, -0.05) is 60.7 Å². The Balaban J connectivity index is 1.52. The maximum atomic E-state index is 13.6. The SMILES string of the molecule is CCOC(=O)c1ccc(N2CCN(C(=O)C(c3ccccc3)c3ccccc3)CC2)c([N+](=O)[O-])c1. The quantitative estimate of drug-likeness (QED) is 0.289. The van der Waals surface area contributed by atoms with E-state index >= 15 is 0 Å². The smallest absolute Gasteiger partial charge is 0.338 e. The number of ether oxygens (including phenoxy) is 1. The lowest BCUT2D eigenvalue weighted by Crippen LogP contribution is -2.50. The van der Waals surface area contributed by atoms with Gasteiger partial charge in [0.1, 0.15) is 5.69 Å². The first-order chi connectivity index (χ1) is 17.0. The molecule has 0 aliphatic carbocycles. The molecule has 8 nitrogen and oxygen atoms in total. The van der Waals surface area contributed by atoms with Gasteiger partial charge in [0.15, 0.2) is 0 Å². The first-order valence-corrected chi connectivity index (χ1v) is 11.6. The number of nitro groups is 1. The molecule has 1 amide bonds. The molecular weight excluding hydrogens is 446 g/mol. The average Bonchev–Trinajstić information content (AvgIpc) is 2.90. The first kappa shape index (κ1) is 23.9. The molecule has 4 rings (SSSR count). The van der Waals surface area contributed by atoms with Crippen LogP contribution in [0.1, 0.15) is 34.3 Å². The zero-order valence-corrected chi connectivity index (χ0v) is 19.5. The summed E-state index contributed by atoms with van der Waals surface area (Å²) in [4.78, 5) is 40.6.